The molecule has 4 aliphatic rings. The Morgan fingerprint density at radius 3 is 1.53 bits per heavy atom. The molecule has 11 rings (SSSR count). The van der Waals surface area contributed by atoms with E-state index >= 15 is 0 Å². The van der Waals surface area contributed by atoms with Gasteiger partial charge >= 0.3 is 0 Å². The van der Waals surface area contributed by atoms with Crippen molar-refractivity contribution < 1.29 is 0 Å². The van der Waals surface area contributed by atoms with Crippen LogP contribution in [0.4, 0.5) is 0 Å². The predicted octanol–water partition coefficient (Wildman–Crippen LogP) is 15.7. The quantitative estimate of drug-likeness (QED) is 0.0941. The summed E-state index contributed by atoms with van der Waals surface area (Å²) in [7, 11) is 0. The van der Waals surface area contributed by atoms with Crippen LogP contribution in [0.3, 0.4) is 0 Å². The van der Waals surface area contributed by atoms with E-state index in [4.69, 9.17) is 5.73 Å². The normalized spacial score (nSPS) is 17.2. The molecule has 2 spiro atoms. The number of nitrogens with one attached hydrogen (secondary N) is 1. The van der Waals surface area contributed by atoms with Gasteiger partial charge in [-0.05, 0) is 169 Å². The number of allylic oxidation sites excluding steroid dienone is 6. The number of hydrogen-bond acceptors (Lipinski definition) is 2. The summed E-state index contributed by atoms with van der Waals surface area (Å²) in [6, 6.07) is 49.0. The molecule has 0 radical (unpaired) electrons. The molecule has 0 atom stereocenters. The standard InChI is InChI=1S/C60H54N2/c1-3-40(30-35-61)39(2)22-29-56(62)41-23-28-50-51(36-41)58(43-25-27-47-45-17-9-11-21-53(45)60(55(47)38-43)33-14-5-15-34-60)49-19-7-6-18-48(49)57(50)42-24-26-46-44-16-8-10-20-52(44)59(54(46)37-42)31-12-4-13-32-59/h3,6-11,16-30,35-38,62H,2,4-5,12-15,31-34,61H2,1H3/b29-22-,35-30-,40-3+,62-56?. The van der Waals surface area contributed by atoms with Crippen molar-refractivity contribution in [1.82, 2.24) is 0 Å². The molecule has 7 aromatic rings. The lowest BCUT2D eigenvalue weighted by atomic mass is 9.67. The van der Waals surface area contributed by atoms with E-state index in [0.717, 1.165) is 16.7 Å². The zero-order chi connectivity index (χ0) is 42.0. The van der Waals surface area contributed by atoms with Crippen LogP contribution in [0.25, 0.3) is 66.1 Å². The van der Waals surface area contributed by atoms with Crippen molar-refractivity contribution in [2.45, 2.75) is 82.0 Å². The van der Waals surface area contributed by atoms with Crippen molar-refractivity contribution in [3.05, 3.63) is 203 Å². The fourth-order valence-electron chi connectivity index (χ4n) is 12.4. The minimum Gasteiger partial charge on any atom is -0.405 e. The Kier molecular flexibility index (Phi) is 9.38. The molecule has 0 amide bonds. The summed E-state index contributed by atoms with van der Waals surface area (Å²) < 4.78 is 0. The summed E-state index contributed by atoms with van der Waals surface area (Å²) in [4.78, 5) is 0. The van der Waals surface area contributed by atoms with E-state index in [0.29, 0.717) is 5.71 Å². The molecule has 2 heteroatoms. The van der Waals surface area contributed by atoms with Crippen molar-refractivity contribution in [1.29, 1.82) is 5.41 Å². The fourth-order valence-corrected chi connectivity index (χ4v) is 12.4. The van der Waals surface area contributed by atoms with Crippen LogP contribution < -0.4 is 5.73 Å². The van der Waals surface area contributed by atoms with Crippen LogP contribution in [-0.4, -0.2) is 5.71 Å². The molecule has 0 bridgehead atoms. The van der Waals surface area contributed by atoms with E-state index in [9.17, 15) is 5.41 Å². The fraction of sp³-hybridized carbons (Fsp3) is 0.217. The molecule has 0 aromatic heterocycles. The van der Waals surface area contributed by atoms with Crippen molar-refractivity contribution in [2.75, 3.05) is 0 Å². The smallest absolute Gasteiger partial charge is 0.0612 e. The van der Waals surface area contributed by atoms with Gasteiger partial charge in [0.2, 0.25) is 0 Å². The van der Waals surface area contributed by atoms with Crippen LogP contribution in [0, 0.1) is 5.41 Å². The second kappa shape index (κ2) is 15.1. The second-order valence-electron chi connectivity index (χ2n) is 18.3. The summed E-state index contributed by atoms with van der Waals surface area (Å²) in [5, 5.41) is 14.3. The van der Waals surface area contributed by atoms with Gasteiger partial charge in [0.1, 0.15) is 0 Å². The first-order chi connectivity index (χ1) is 30.5. The van der Waals surface area contributed by atoms with E-state index in [2.05, 4.69) is 134 Å². The first-order valence-electron chi connectivity index (χ1n) is 22.9. The van der Waals surface area contributed by atoms with Gasteiger partial charge in [-0.15, -0.1) is 0 Å². The predicted molar refractivity (Wildman–Crippen MR) is 263 cm³/mol. The van der Waals surface area contributed by atoms with Gasteiger partial charge in [0.15, 0.2) is 0 Å². The number of nitrogens with two attached hydrogens (primary N) is 1. The molecule has 7 aromatic carbocycles. The Hall–Kier alpha value is -6.51. The lowest BCUT2D eigenvalue weighted by Gasteiger charge is -2.36. The molecule has 0 saturated heterocycles. The molecule has 304 valence electrons. The Bertz CT molecular complexity index is 3080. The number of hydrogen-bond donors (Lipinski definition) is 2. The monoisotopic (exact) mass is 802 g/mol. The Morgan fingerprint density at radius 1 is 0.516 bits per heavy atom. The number of fused-ring (bicyclic) bond motifs is 12. The summed E-state index contributed by atoms with van der Waals surface area (Å²) in [5.74, 6) is 0. The van der Waals surface area contributed by atoms with E-state index in [1.807, 2.05) is 31.2 Å². The van der Waals surface area contributed by atoms with Crippen molar-refractivity contribution in [3.8, 4) is 44.5 Å². The van der Waals surface area contributed by atoms with E-state index in [1.165, 1.54) is 159 Å². The molecule has 2 saturated carbocycles. The summed E-state index contributed by atoms with van der Waals surface area (Å²) >= 11 is 0. The SMILES string of the molecule is C=C(/C=C\C(=N)c1ccc2c(-c3ccc4c(c3)C3(CCCCC3)c3ccccc3-4)c3ccccc3c(-c3ccc4c(c3)C3(CCCCC3)c3ccccc3-4)c2c1)C(/C=C\N)=C/C. The van der Waals surface area contributed by atoms with Crippen molar-refractivity contribution in [2.24, 2.45) is 5.73 Å². The van der Waals surface area contributed by atoms with E-state index in [-0.39, 0.29) is 10.8 Å². The van der Waals surface area contributed by atoms with E-state index in [1.54, 1.807) is 0 Å². The van der Waals surface area contributed by atoms with Crippen LogP contribution in [-0.2, 0) is 10.8 Å². The molecular weight excluding hydrogens is 749 g/mol. The summed E-state index contributed by atoms with van der Waals surface area (Å²) in [6.45, 7) is 6.26. The third kappa shape index (κ3) is 5.79. The first kappa shape index (κ1) is 38.4. The summed E-state index contributed by atoms with van der Waals surface area (Å²) in [6.07, 6.45) is 21.7. The van der Waals surface area contributed by atoms with Crippen LogP contribution in [0.15, 0.2) is 176 Å². The largest absolute Gasteiger partial charge is 0.405 e. The molecule has 2 fully saturated rings. The lowest BCUT2D eigenvalue weighted by Crippen LogP contribution is -2.28. The third-order valence-electron chi connectivity index (χ3n) is 15.3. The molecule has 4 aliphatic carbocycles. The maximum absolute atomic E-state index is 9.43. The molecule has 62 heavy (non-hydrogen) atoms. The number of benzene rings is 7. The topological polar surface area (TPSA) is 49.9 Å². The lowest BCUT2D eigenvalue weighted by molar-refractivity contribution is 0.353. The molecule has 0 aliphatic heterocycles. The average Bonchev–Trinajstić information content (AvgIpc) is 3.74. The van der Waals surface area contributed by atoms with Gasteiger partial charge in [0.25, 0.3) is 0 Å². The Balaban J connectivity index is 1.15. The van der Waals surface area contributed by atoms with Gasteiger partial charge in [0.05, 0.1) is 5.71 Å². The van der Waals surface area contributed by atoms with Crippen LogP contribution in [0.5, 0.6) is 0 Å². The minimum absolute atomic E-state index is 0.0498. The van der Waals surface area contributed by atoms with E-state index < -0.39 is 0 Å². The highest BCUT2D eigenvalue weighted by Crippen LogP contribution is 2.59. The molecule has 3 N–H and O–H groups in total. The van der Waals surface area contributed by atoms with Gasteiger partial charge in [-0.25, -0.2) is 0 Å². The summed E-state index contributed by atoms with van der Waals surface area (Å²) in [5.41, 5.74) is 25.6. The maximum atomic E-state index is 9.43. The highest BCUT2D eigenvalue weighted by atomic mass is 14.5. The average molecular weight is 803 g/mol. The molecular formula is C60H54N2. The van der Waals surface area contributed by atoms with Crippen molar-refractivity contribution >= 4 is 27.3 Å². The van der Waals surface area contributed by atoms with Crippen LogP contribution in [0.2, 0.25) is 0 Å². The zero-order valence-corrected chi connectivity index (χ0v) is 35.9. The molecule has 0 unspecified atom stereocenters. The third-order valence-corrected chi connectivity index (χ3v) is 15.3. The van der Waals surface area contributed by atoms with Gasteiger partial charge in [0, 0.05) is 16.4 Å². The molecule has 0 heterocycles. The highest BCUT2D eigenvalue weighted by Gasteiger charge is 2.45. The van der Waals surface area contributed by atoms with Gasteiger partial charge in [-0.2, -0.15) is 0 Å². The minimum atomic E-state index is 0.0498. The maximum Gasteiger partial charge on any atom is 0.0612 e. The first-order valence-corrected chi connectivity index (χ1v) is 22.9. The van der Waals surface area contributed by atoms with Crippen LogP contribution in [0.1, 0.15) is 98.9 Å². The number of rotatable bonds is 7. The van der Waals surface area contributed by atoms with Gasteiger partial charge in [-0.1, -0.05) is 166 Å². The Labute approximate surface area is 366 Å². The van der Waals surface area contributed by atoms with Gasteiger partial charge in [-0.3, -0.25) is 0 Å². The van der Waals surface area contributed by atoms with Crippen LogP contribution >= 0.6 is 0 Å². The Morgan fingerprint density at radius 2 is 1.00 bits per heavy atom. The second-order valence-corrected chi connectivity index (χ2v) is 18.3. The zero-order valence-electron chi connectivity index (χ0n) is 35.9. The van der Waals surface area contributed by atoms with Crippen molar-refractivity contribution in [3.63, 3.8) is 0 Å². The van der Waals surface area contributed by atoms with Gasteiger partial charge < -0.3 is 11.1 Å². The highest BCUT2D eigenvalue weighted by molar-refractivity contribution is 6.23. The molecule has 2 nitrogen and oxygen atoms in total.